The quantitative estimate of drug-likeness (QED) is 0.707. The predicted octanol–water partition coefficient (Wildman–Crippen LogP) is 3.42. The Morgan fingerprint density at radius 2 is 1.88 bits per heavy atom. The van der Waals surface area contributed by atoms with E-state index in [-0.39, 0.29) is 6.04 Å². The topological polar surface area (TPSA) is 79.5 Å². The molecular formula is C16H21Cl2N3O3. The van der Waals surface area contributed by atoms with Crippen molar-refractivity contribution in [2.75, 3.05) is 0 Å². The molecule has 24 heavy (non-hydrogen) atoms. The summed E-state index contributed by atoms with van der Waals surface area (Å²) in [6.45, 7) is 1.56. The number of rotatable bonds is 4. The fraction of sp³-hybridized carbons (Fsp3) is 0.500. The molecule has 3 amide bonds. The summed E-state index contributed by atoms with van der Waals surface area (Å²) in [5.74, 6) is -0.143. The summed E-state index contributed by atoms with van der Waals surface area (Å²) in [4.78, 5) is 23.7. The molecule has 1 aliphatic rings. The standard InChI is InChI=1S/C16H21Cl2N3O3/c1-10(24-14-8-7-11(17)9-13(14)18)15(22)20-21-16(23)19-12-5-3-2-4-6-12/h7-10,12H,2-6H2,1H3,(H,20,22)(H2,19,21,23)/t10-/m0/s1. The van der Waals surface area contributed by atoms with Crippen LogP contribution in [-0.2, 0) is 4.79 Å². The Morgan fingerprint density at radius 1 is 1.17 bits per heavy atom. The Bertz CT molecular complexity index is 592. The van der Waals surface area contributed by atoms with E-state index in [0.29, 0.717) is 15.8 Å². The molecule has 1 fully saturated rings. The lowest BCUT2D eigenvalue weighted by Gasteiger charge is -2.23. The fourth-order valence-corrected chi connectivity index (χ4v) is 2.96. The lowest BCUT2D eigenvalue weighted by atomic mass is 9.96. The minimum Gasteiger partial charge on any atom is -0.479 e. The van der Waals surface area contributed by atoms with E-state index in [4.69, 9.17) is 27.9 Å². The maximum Gasteiger partial charge on any atom is 0.333 e. The van der Waals surface area contributed by atoms with Crippen molar-refractivity contribution in [3.63, 3.8) is 0 Å². The van der Waals surface area contributed by atoms with E-state index in [0.717, 1.165) is 25.7 Å². The number of halogens is 2. The number of benzene rings is 1. The largest absolute Gasteiger partial charge is 0.479 e. The van der Waals surface area contributed by atoms with Crippen molar-refractivity contribution in [2.45, 2.75) is 51.2 Å². The summed E-state index contributed by atoms with van der Waals surface area (Å²) < 4.78 is 5.47. The Kier molecular flexibility index (Phi) is 6.99. The second kappa shape index (κ2) is 8.99. The van der Waals surface area contributed by atoms with Crippen LogP contribution in [0.5, 0.6) is 5.75 Å². The van der Waals surface area contributed by atoms with Crippen LogP contribution in [0.15, 0.2) is 18.2 Å². The van der Waals surface area contributed by atoms with Crippen LogP contribution in [0, 0.1) is 0 Å². The molecular weight excluding hydrogens is 353 g/mol. The summed E-state index contributed by atoms with van der Waals surface area (Å²) in [7, 11) is 0. The lowest BCUT2D eigenvalue weighted by Crippen LogP contribution is -2.52. The molecule has 0 unspecified atom stereocenters. The molecule has 0 spiro atoms. The van der Waals surface area contributed by atoms with Crippen molar-refractivity contribution in [3.05, 3.63) is 28.2 Å². The third kappa shape index (κ3) is 5.76. The first-order valence-electron chi connectivity index (χ1n) is 7.94. The van der Waals surface area contributed by atoms with Gasteiger partial charge in [0.25, 0.3) is 5.91 Å². The summed E-state index contributed by atoms with van der Waals surface area (Å²) in [5.41, 5.74) is 4.66. The molecule has 3 N–H and O–H groups in total. The number of amides is 3. The van der Waals surface area contributed by atoms with Crippen LogP contribution in [-0.4, -0.2) is 24.1 Å². The highest BCUT2D eigenvalue weighted by Gasteiger charge is 2.19. The first-order valence-corrected chi connectivity index (χ1v) is 8.69. The van der Waals surface area contributed by atoms with E-state index in [2.05, 4.69) is 16.2 Å². The molecule has 0 bridgehead atoms. The van der Waals surface area contributed by atoms with Gasteiger partial charge in [-0.15, -0.1) is 0 Å². The van der Waals surface area contributed by atoms with Gasteiger partial charge >= 0.3 is 6.03 Å². The van der Waals surface area contributed by atoms with Crippen molar-refractivity contribution < 1.29 is 14.3 Å². The lowest BCUT2D eigenvalue weighted by molar-refractivity contribution is -0.128. The average Bonchev–Trinajstić information content (AvgIpc) is 2.56. The summed E-state index contributed by atoms with van der Waals surface area (Å²) in [6.07, 6.45) is 4.54. The number of carbonyl (C=O) groups is 2. The van der Waals surface area contributed by atoms with Crippen LogP contribution in [0.3, 0.4) is 0 Å². The van der Waals surface area contributed by atoms with E-state index >= 15 is 0 Å². The molecule has 1 aromatic rings. The van der Waals surface area contributed by atoms with Gasteiger partial charge in [0.05, 0.1) is 5.02 Å². The number of nitrogens with one attached hydrogen (secondary N) is 3. The highest BCUT2D eigenvalue weighted by atomic mass is 35.5. The van der Waals surface area contributed by atoms with E-state index in [9.17, 15) is 9.59 Å². The third-order valence-electron chi connectivity index (χ3n) is 3.81. The highest BCUT2D eigenvalue weighted by Crippen LogP contribution is 2.28. The molecule has 0 radical (unpaired) electrons. The maximum atomic E-state index is 12.0. The van der Waals surface area contributed by atoms with E-state index in [1.165, 1.54) is 12.5 Å². The van der Waals surface area contributed by atoms with Crippen LogP contribution in [0.4, 0.5) is 4.79 Å². The van der Waals surface area contributed by atoms with Crippen molar-refractivity contribution >= 4 is 35.1 Å². The highest BCUT2D eigenvalue weighted by molar-refractivity contribution is 6.35. The molecule has 1 aliphatic carbocycles. The first kappa shape index (κ1) is 18.7. The van der Waals surface area contributed by atoms with Crippen molar-refractivity contribution in [3.8, 4) is 5.75 Å². The number of hydrogen-bond donors (Lipinski definition) is 3. The van der Waals surface area contributed by atoms with Crippen LogP contribution >= 0.6 is 23.2 Å². The molecule has 0 saturated heterocycles. The fourth-order valence-electron chi connectivity index (χ4n) is 2.50. The molecule has 0 aromatic heterocycles. The van der Waals surface area contributed by atoms with Crippen LogP contribution in [0.2, 0.25) is 10.0 Å². The molecule has 1 saturated carbocycles. The van der Waals surface area contributed by atoms with Crippen molar-refractivity contribution in [1.29, 1.82) is 0 Å². The number of carbonyl (C=O) groups excluding carboxylic acids is 2. The Morgan fingerprint density at radius 3 is 2.54 bits per heavy atom. The van der Waals surface area contributed by atoms with E-state index in [1.54, 1.807) is 19.1 Å². The van der Waals surface area contributed by atoms with Gasteiger partial charge in [-0.2, -0.15) is 0 Å². The number of hydrazine groups is 1. The Balaban J connectivity index is 1.75. The molecule has 8 heteroatoms. The second-order valence-corrected chi connectivity index (χ2v) is 6.60. The number of urea groups is 1. The zero-order valence-electron chi connectivity index (χ0n) is 13.4. The number of ether oxygens (including phenoxy) is 1. The van der Waals surface area contributed by atoms with Crippen LogP contribution < -0.4 is 20.9 Å². The minimum absolute atomic E-state index is 0.164. The predicted molar refractivity (Wildman–Crippen MR) is 93.2 cm³/mol. The summed E-state index contributed by atoms with van der Waals surface area (Å²) in [6, 6.07) is 4.46. The van der Waals surface area contributed by atoms with Gasteiger partial charge in [0.15, 0.2) is 6.10 Å². The average molecular weight is 374 g/mol. The van der Waals surface area contributed by atoms with Gasteiger partial charge in [0, 0.05) is 11.1 Å². The molecule has 2 rings (SSSR count). The maximum absolute atomic E-state index is 12.0. The number of hydrogen-bond acceptors (Lipinski definition) is 3. The zero-order chi connectivity index (χ0) is 17.5. The van der Waals surface area contributed by atoms with Crippen LogP contribution in [0.25, 0.3) is 0 Å². The summed E-state index contributed by atoms with van der Waals surface area (Å²) >= 11 is 11.8. The first-order chi connectivity index (χ1) is 11.5. The van der Waals surface area contributed by atoms with Crippen LogP contribution in [0.1, 0.15) is 39.0 Å². The normalized spacial score (nSPS) is 16.1. The van der Waals surface area contributed by atoms with Crippen molar-refractivity contribution in [1.82, 2.24) is 16.2 Å². The Labute approximate surface area is 151 Å². The van der Waals surface area contributed by atoms with E-state index in [1.807, 2.05) is 0 Å². The van der Waals surface area contributed by atoms with Crippen molar-refractivity contribution in [2.24, 2.45) is 0 Å². The summed E-state index contributed by atoms with van der Waals surface area (Å²) in [5, 5.41) is 3.62. The third-order valence-corrected chi connectivity index (χ3v) is 4.34. The van der Waals surface area contributed by atoms with E-state index < -0.39 is 18.0 Å². The van der Waals surface area contributed by atoms with Gasteiger partial charge in [-0.25, -0.2) is 10.2 Å². The monoisotopic (exact) mass is 373 g/mol. The molecule has 6 nitrogen and oxygen atoms in total. The molecule has 1 atom stereocenters. The van der Waals surface area contributed by atoms with Gasteiger partial charge < -0.3 is 10.1 Å². The molecule has 1 aromatic carbocycles. The molecule has 132 valence electrons. The van der Waals surface area contributed by atoms with Gasteiger partial charge in [-0.05, 0) is 38.0 Å². The molecule has 0 heterocycles. The Hall–Kier alpha value is -1.66. The minimum atomic E-state index is -0.835. The second-order valence-electron chi connectivity index (χ2n) is 5.76. The van der Waals surface area contributed by atoms with Gasteiger partial charge in [0.1, 0.15) is 5.75 Å². The van der Waals surface area contributed by atoms with Gasteiger partial charge in [-0.3, -0.25) is 10.2 Å². The van der Waals surface area contributed by atoms with Gasteiger partial charge in [0.2, 0.25) is 0 Å². The van der Waals surface area contributed by atoms with Gasteiger partial charge in [-0.1, -0.05) is 42.5 Å². The zero-order valence-corrected chi connectivity index (χ0v) is 14.9. The SMILES string of the molecule is C[C@H](Oc1ccc(Cl)cc1Cl)C(=O)NNC(=O)NC1CCCCC1. The smallest absolute Gasteiger partial charge is 0.333 e. The molecule has 0 aliphatic heterocycles.